The number of rotatable bonds is 4. The van der Waals surface area contributed by atoms with Gasteiger partial charge < -0.3 is 0 Å². The van der Waals surface area contributed by atoms with Crippen LogP contribution in [-0.2, 0) is 6.18 Å². The Labute approximate surface area is 181 Å². The van der Waals surface area contributed by atoms with Gasteiger partial charge in [0.15, 0.2) is 5.78 Å². The third kappa shape index (κ3) is 4.23. The van der Waals surface area contributed by atoms with Crippen molar-refractivity contribution in [3.63, 3.8) is 0 Å². The van der Waals surface area contributed by atoms with Gasteiger partial charge in [-0.25, -0.2) is 4.98 Å². The lowest BCUT2D eigenvalue weighted by Crippen LogP contribution is -2.22. The summed E-state index contributed by atoms with van der Waals surface area (Å²) in [6.45, 7) is 1.73. The van der Waals surface area contributed by atoms with Crippen LogP contribution >= 0.6 is 0 Å². The van der Waals surface area contributed by atoms with Crippen molar-refractivity contribution in [3.8, 4) is 5.69 Å². The Balaban J connectivity index is 1.60. The molecule has 0 saturated heterocycles. The van der Waals surface area contributed by atoms with Crippen molar-refractivity contribution in [2.24, 2.45) is 0 Å². The Hall–Kier alpha value is -4.00. The van der Waals surface area contributed by atoms with Crippen LogP contribution in [0.2, 0.25) is 0 Å². The van der Waals surface area contributed by atoms with Gasteiger partial charge in [0.1, 0.15) is 5.82 Å². The summed E-state index contributed by atoms with van der Waals surface area (Å²) in [5, 5.41) is 0.488. The van der Waals surface area contributed by atoms with E-state index in [9.17, 15) is 22.8 Å². The predicted octanol–water partition coefficient (Wildman–Crippen LogP) is 5.61. The van der Waals surface area contributed by atoms with Gasteiger partial charge in [-0.1, -0.05) is 30.3 Å². The Morgan fingerprint density at radius 3 is 2.41 bits per heavy atom. The maximum atomic E-state index is 12.9. The third-order valence-electron chi connectivity index (χ3n) is 4.99. The Morgan fingerprint density at radius 2 is 1.69 bits per heavy atom. The number of ketones is 1. The molecule has 0 unspecified atom stereocenters. The van der Waals surface area contributed by atoms with Gasteiger partial charge in [0.05, 0.1) is 22.2 Å². The molecule has 1 heterocycles. The first kappa shape index (κ1) is 21.2. The highest BCUT2D eigenvalue weighted by molar-refractivity contribution is 6.06. The molecule has 0 fully saturated rings. The number of aryl methyl sites for hydroxylation is 1. The van der Waals surface area contributed by atoms with E-state index in [0.717, 1.165) is 12.1 Å². The molecule has 1 aromatic heterocycles. The molecule has 0 spiro atoms. The molecular formula is C25H17F3N2O2. The topological polar surface area (TPSA) is 52.0 Å². The van der Waals surface area contributed by atoms with Crippen molar-refractivity contribution < 1.29 is 18.0 Å². The maximum absolute atomic E-state index is 12.9. The molecule has 0 saturated carbocycles. The quantitative estimate of drug-likeness (QED) is 0.310. The van der Waals surface area contributed by atoms with E-state index in [1.54, 1.807) is 49.4 Å². The standard InChI is InChI=1S/C25H17F3N2O2/c1-16-29-22-8-3-2-7-21(22)24(32)30(16)20-12-10-18(11-13-20)23(31)14-9-17-5-4-6-19(15-17)25(26,27)28/h2-15H,1H3. The summed E-state index contributed by atoms with van der Waals surface area (Å²) in [5.74, 6) is 0.145. The minimum absolute atomic E-state index is 0.211. The number of benzene rings is 3. The summed E-state index contributed by atoms with van der Waals surface area (Å²) in [6.07, 6.45) is -1.88. The van der Waals surface area contributed by atoms with Crippen molar-refractivity contribution in [1.82, 2.24) is 9.55 Å². The van der Waals surface area contributed by atoms with Crippen LogP contribution < -0.4 is 5.56 Å². The summed E-state index contributed by atoms with van der Waals surface area (Å²) in [4.78, 5) is 29.8. The average Bonchev–Trinajstić information content (AvgIpc) is 2.77. The van der Waals surface area contributed by atoms with Crippen LogP contribution in [0.3, 0.4) is 0 Å². The molecule has 3 aromatic carbocycles. The van der Waals surface area contributed by atoms with Crippen LogP contribution in [0, 0.1) is 6.92 Å². The van der Waals surface area contributed by atoms with Gasteiger partial charge >= 0.3 is 6.18 Å². The third-order valence-corrected chi connectivity index (χ3v) is 4.99. The van der Waals surface area contributed by atoms with Crippen LogP contribution in [0.25, 0.3) is 22.7 Å². The molecule has 7 heteroatoms. The number of carbonyl (C=O) groups is 1. The zero-order valence-corrected chi connectivity index (χ0v) is 16.9. The Kier molecular flexibility index (Phi) is 5.48. The molecule has 0 aliphatic heterocycles. The number of hydrogen-bond donors (Lipinski definition) is 0. The van der Waals surface area contributed by atoms with Gasteiger partial charge in [-0.3, -0.25) is 14.2 Å². The number of aromatic nitrogens is 2. The monoisotopic (exact) mass is 434 g/mol. The lowest BCUT2D eigenvalue weighted by molar-refractivity contribution is -0.137. The Morgan fingerprint density at radius 1 is 0.969 bits per heavy atom. The highest BCUT2D eigenvalue weighted by Gasteiger charge is 2.30. The highest BCUT2D eigenvalue weighted by Crippen LogP contribution is 2.29. The Bertz CT molecular complexity index is 1400. The van der Waals surface area contributed by atoms with E-state index in [0.29, 0.717) is 28.0 Å². The first-order valence-electron chi connectivity index (χ1n) is 9.72. The predicted molar refractivity (Wildman–Crippen MR) is 117 cm³/mol. The van der Waals surface area contributed by atoms with Gasteiger partial charge in [0.2, 0.25) is 0 Å². The molecule has 32 heavy (non-hydrogen) atoms. The molecule has 160 valence electrons. The number of alkyl halides is 3. The molecule has 0 bridgehead atoms. The van der Waals surface area contributed by atoms with Crippen LogP contribution in [0.4, 0.5) is 13.2 Å². The zero-order valence-electron chi connectivity index (χ0n) is 16.9. The van der Waals surface area contributed by atoms with Crippen LogP contribution in [-0.4, -0.2) is 15.3 Å². The second-order valence-electron chi connectivity index (χ2n) is 7.18. The van der Waals surface area contributed by atoms with E-state index in [1.807, 2.05) is 6.07 Å². The molecule has 0 aliphatic rings. The van der Waals surface area contributed by atoms with Crippen LogP contribution in [0.15, 0.2) is 83.7 Å². The summed E-state index contributed by atoms with van der Waals surface area (Å²) in [5.41, 5.74) is 0.797. The second-order valence-corrected chi connectivity index (χ2v) is 7.18. The molecule has 4 rings (SSSR count). The van der Waals surface area contributed by atoms with E-state index in [4.69, 9.17) is 0 Å². The molecule has 0 atom stereocenters. The van der Waals surface area contributed by atoms with Gasteiger partial charge in [-0.05, 0) is 67.1 Å². The summed E-state index contributed by atoms with van der Waals surface area (Å²) in [6, 6.07) is 18.2. The average molecular weight is 434 g/mol. The van der Waals surface area contributed by atoms with Crippen molar-refractivity contribution >= 4 is 22.8 Å². The van der Waals surface area contributed by atoms with Crippen LogP contribution in [0.5, 0.6) is 0 Å². The van der Waals surface area contributed by atoms with Gasteiger partial charge in [0.25, 0.3) is 5.56 Å². The smallest absolute Gasteiger partial charge is 0.289 e. The second kappa shape index (κ2) is 8.26. The van der Waals surface area contributed by atoms with Crippen molar-refractivity contribution in [2.45, 2.75) is 13.1 Å². The van der Waals surface area contributed by atoms with E-state index < -0.39 is 11.7 Å². The number of hydrogen-bond acceptors (Lipinski definition) is 3. The molecule has 0 radical (unpaired) electrons. The number of fused-ring (bicyclic) bond motifs is 1. The lowest BCUT2D eigenvalue weighted by atomic mass is 10.1. The van der Waals surface area contributed by atoms with E-state index in [1.165, 1.54) is 28.9 Å². The number of halogens is 3. The minimum Gasteiger partial charge on any atom is -0.289 e. The number of allylic oxidation sites excluding steroid dienone is 1. The minimum atomic E-state index is -4.45. The number of carbonyl (C=O) groups excluding carboxylic acids is 1. The van der Waals surface area contributed by atoms with Crippen LogP contribution in [0.1, 0.15) is 27.3 Å². The first-order valence-corrected chi connectivity index (χ1v) is 9.72. The zero-order chi connectivity index (χ0) is 22.9. The molecular weight excluding hydrogens is 417 g/mol. The molecule has 0 aliphatic carbocycles. The van der Waals surface area contributed by atoms with Crippen molar-refractivity contribution in [1.29, 1.82) is 0 Å². The maximum Gasteiger partial charge on any atom is 0.416 e. The molecule has 4 aromatic rings. The SMILES string of the molecule is Cc1nc2ccccc2c(=O)n1-c1ccc(C(=O)C=Cc2cccc(C(F)(F)F)c2)cc1. The van der Waals surface area contributed by atoms with E-state index in [2.05, 4.69) is 4.98 Å². The normalized spacial score (nSPS) is 11.9. The van der Waals surface area contributed by atoms with Gasteiger partial charge in [-0.2, -0.15) is 13.2 Å². The first-order chi connectivity index (χ1) is 15.2. The fourth-order valence-corrected chi connectivity index (χ4v) is 3.41. The molecule has 4 nitrogen and oxygen atoms in total. The van der Waals surface area contributed by atoms with E-state index in [-0.39, 0.29) is 16.9 Å². The lowest BCUT2D eigenvalue weighted by Gasteiger charge is -2.11. The fraction of sp³-hybridized carbons (Fsp3) is 0.0800. The van der Waals surface area contributed by atoms with E-state index >= 15 is 0 Å². The number of para-hydroxylation sites is 1. The number of nitrogens with zero attached hydrogens (tertiary/aromatic N) is 2. The van der Waals surface area contributed by atoms with Gasteiger partial charge in [0, 0.05) is 5.56 Å². The van der Waals surface area contributed by atoms with Crippen molar-refractivity contribution in [2.75, 3.05) is 0 Å². The van der Waals surface area contributed by atoms with Gasteiger partial charge in [-0.15, -0.1) is 0 Å². The molecule has 0 N–H and O–H groups in total. The summed E-state index contributed by atoms with van der Waals surface area (Å²) in [7, 11) is 0. The largest absolute Gasteiger partial charge is 0.416 e. The fourth-order valence-electron chi connectivity index (χ4n) is 3.41. The summed E-state index contributed by atoms with van der Waals surface area (Å²) >= 11 is 0. The summed E-state index contributed by atoms with van der Waals surface area (Å²) < 4.78 is 40.0. The molecule has 0 amide bonds. The van der Waals surface area contributed by atoms with Crippen molar-refractivity contribution in [3.05, 3.63) is 112 Å². The highest BCUT2D eigenvalue weighted by atomic mass is 19.4.